The Morgan fingerprint density at radius 2 is 2.23 bits per heavy atom. The van der Waals surface area contributed by atoms with E-state index in [4.69, 9.17) is 10.00 Å². The third-order valence-electron chi connectivity index (χ3n) is 3.52. The number of ether oxygens (including phenoxy) is 1. The Kier molecular flexibility index (Phi) is 4.87. The maximum atomic E-state index is 12.0. The second-order valence-corrected chi connectivity index (χ2v) is 6.51. The Bertz CT molecular complexity index is 621. The smallest absolute Gasteiger partial charge is 0.408 e. The average molecular weight is 298 g/mol. The molecule has 116 valence electrons. The first kappa shape index (κ1) is 16.1. The number of nitriles is 1. The molecule has 0 aliphatic heterocycles. The first-order chi connectivity index (χ1) is 10.4. The molecule has 1 aromatic rings. The van der Waals surface area contributed by atoms with E-state index >= 15 is 0 Å². The summed E-state index contributed by atoms with van der Waals surface area (Å²) in [6.45, 7) is 5.57. The number of carbonyl (C=O) groups excluding carboxylic acids is 1. The lowest BCUT2D eigenvalue weighted by molar-refractivity contribution is 0.0498. The van der Waals surface area contributed by atoms with Gasteiger partial charge in [0.15, 0.2) is 0 Å². The number of nitrogens with one attached hydrogen (secondary N) is 1. The molecular formula is C18H22N2O2. The van der Waals surface area contributed by atoms with E-state index in [1.165, 1.54) is 11.6 Å². The van der Waals surface area contributed by atoms with E-state index in [9.17, 15) is 4.79 Å². The van der Waals surface area contributed by atoms with Gasteiger partial charge in [-0.05, 0) is 62.8 Å². The maximum Gasteiger partial charge on any atom is 0.408 e. The fraction of sp³-hybridized carbons (Fsp3) is 0.444. The molecule has 4 nitrogen and oxygen atoms in total. The Hall–Kier alpha value is -2.28. The summed E-state index contributed by atoms with van der Waals surface area (Å²) in [4.78, 5) is 12.0. The van der Waals surface area contributed by atoms with Gasteiger partial charge in [0.1, 0.15) is 5.60 Å². The summed E-state index contributed by atoms with van der Waals surface area (Å²) in [5.41, 5.74) is 2.89. The van der Waals surface area contributed by atoms with E-state index in [1.807, 2.05) is 39.0 Å². The summed E-state index contributed by atoms with van der Waals surface area (Å²) >= 11 is 0. The monoisotopic (exact) mass is 298 g/mol. The lowest BCUT2D eigenvalue weighted by Gasteiger charge is -2.28. The van der Waals surface area contributed by atoms with Crippen molar-refractivity contribution in [3.05, 3.63) is 41.0 Å². The molecule has 0 bridgehead atoms. The minimum Gasteiger partial charge on any atom is -0.444 e. The highest BCUT2D eigenvalue weighted by molar-refractivity contribution is 5.68. The molecular weight excluding hydrogens is 276 g/mol. The molecule has 1 aliphatic rings. The molecule has 1 aliphatic carbocycles. The molecule has 1 atom stereocenters. The van der Waals surface area contributed by atoms with Crippen molar-refractivity contribution in [1.82, 2.24) is 5.32 Å². The summed E-state index contributed by atoms with van der Waals surface area (Å²) in [7, 11) is 0. The predicted molar refractivity (Wildman–Crippen MR) is 86.1 cm³/mol. The summed E-state index contributed by atoms with van der Waals surface area (Å²) < 4.78 is 5.34. The van der Waals surface area contributed by atoms with E-state index < -0.39 is 5.60 Å². The molecule has 0 heterocycles. The number of nitrogens with zero attached hydrogens (tertiary/aromatic N) is 1. The number of rotatable bonds is 2. The first-order valence-corrected chi connectivity index (χ1v) is 7.57. The van der Waals surface area contributed by atoms with Crippen LogP contribution in [0.15, 0.2) is 24.3 Å². The molecule has 1 aromatic carbocycles. The predicted octanol–water partition coefficient (Wildman–Crippen LogP) is 4.13. The van der Waals surface area contributed by atoms with Gasteiger partial charge in [-0.2, -0.15) is 5.26 Å². The van der Waals surface area contributed by atoms with Crippen molar-refractivity contribution in [2.75, 3.05) is 0 Å². The number of amides is 1. The summed E-state index contributed by atoms with van der Waals surface area (Å²) in [6, 6.07) is 8.09. The number of alkyl carbamates (subject to hydrolysis) is 1. The number of hydrogen-bond donors (Lipinski definition) is 1. The Morgan fingerprint density at radius 3 is 2.91 bits per heavy atom. The van der Waals surface area contributed by atoms with Crippen molar-refractivity contribution in [3.63, 3.8) is 0 Å². The van der Waals surface area contributed by atoms with Crippen LogP contribution in [0.25, 0.3) is 6.08 Å². The summed E-state index contributed by atoms with van der Waals surface area (Å²) in [5, 5.41) is 11.6. The quantitative estimate of drug-likeness (QED) is 0.835. The van der Waals surface area contributed by atoms with Crippen LogP contribution in [-0.4, -0.2) is 11.7 Å². The van der Waals surface area contributed by atoms with Gasteiger partial charge >= 0.3 is 6.09 Å². The van der Waals surface area contributed by atoms with Gasteiger partial charge in [-0.1, -0.05) is 18.2 Å². The third kappa shape index (κ3) is 4.36. The van der Waals surface area contributed by atoms with Gasteiger partial charge in [0.2, 0.25) is 0 Å². The molecule has 4 heteroatoms. The van der Waals surface area contributed by atoms with Crippen molar-refractivity contribution in [2.24, 2.45) is 0 Å². The van der Waals surface area contributed by atoms with E-state index in [2.05, 4.69) is 11.4 Å². The van der Waals surface area contributed by atoms with E-state index in [1.54, 1.807) is 6.08 Å². The minimum atomic E-state index is -0.493. The van der Waals surface area contributed by atoms with E-state index in [0.29, 0.717) is 0 Å². The maximum absolute atomic E-state index is 12.0. The number of benzene rings is 1. The van der Waals surface area contributed by atoms with E-state index in [0.717, 1.165) is 30.4 Å². The van der Waals surface area contributed by atoms with Crippen LogP contribution in [0, 0.1) is 11.3 Å². The molecule has 0 saturated carbocycles. The number of carbonyl (C=O) groups is 1. The lowest BCUT2D eigenvalue weighted by atomic mass is 9.86. The molecule has 0 spiro atoms. The highest BCUT2D eigenvalue weighted by Gasteiger charge is 2.24. The van der Waals surface area contributed by atoms with E-state index in [-0.39, 0.29) is 12.1 Å². The Morgan fingerprint density at radius 1 is 1.45 bits per heavy atom. The molecule has 1 amide bonds. The Balaban J connectivity index is 2.13. The van der Waals surface area contributed by atoms with Crippen LogP contribution in [0.2, 0.25) is 0 Å². The van der Waals surface area contributed by atoms with Gasteiger partial charge in [0, 0.05) is 6.08 Å². The number of hydrogen-bond acceptors (Lipinski definition) is 3. The highest BCUT2D eigenvalue weighted by Crippen LogP contribution is 2.31. The molecule has 0 aromatic heterocycles. The lowest BCUT2D eigenvalue weighted by Crippen LogP contribution is -2.36. The number of fused-ring (bicyclic) bond motifs is 1. The molecule has 1 N–H and O–H groups in total. The van der Waals surface area contributed by atoms with Crippen molar-refractivity contribution in [3.8, 4) is 6.07 Å². The fourth-order valence-corrected chi connectivity index (χ4v) is 2.67. The normalized spacial score (nSPS) is 17.6. The van der Waals surface area contributed by atoms with Gasteiger partial charge in [-0.25, -0.2) is 4.79 Å². The van der Waals surface area contributed by atoms with Crippen LogP contribution >= 0.6 is 0 Å². The van der Waals surface area contributed by atoms with Gasteiger partial charge < -0.3 is 10.1 Å². The van der Waals surface area contributed by atoms with Crippen LogP contribution in [0.5, 0.6) is 0 Å². The van der Waals surface area contributed by atoms with Gasteiger partial charge in [0.05, 0.1) is 12.1 Å². The SMILES string of the molecule is CC(C)(C)OC(=O)N[C@@H]1CCCc2cc(/C=C/C#N)ccc21. The molecule has 22 heavy (non-hydrogen) atoms. The van der Waals surface area contributed by atoms with Gasteiger partial charge in [0.25, 0.3) is 0 Å². The van der Waals surface area contributed by atoms with Crippen molar-refractivity contribution in [1.29, 1.82) is 5.26 Å². The molecule has 0 radical (unpaired) electrons. The Labute approximate surface area is 131 Å². The molecule has 0 fully saturated rings. The second kappa shape index (κ2) is 6.65. The molecule has 0 saturated heterocycles. The van der Waals surface area contributed by atoms with Crippen LogP contribution in [0.3, 0.4) is 0 Å². The molecule has 0 unspecified atom stereocenters. The topological polar surface area (TPSA) is 62.1 Å². The van der Waals surface area contributed by atoms with Crippen molar-refractivity contribution in [2.45, 2.75) is 51.7 Å². The minimum absolute atomic E-state index is 0.00686. The standard InChI is InChI=1S/C18H22N2O2/c1-18(2,3)22-17(21)20-16-8-4-7-14-12-13(6-5-11-19)9-10-15(14)16/h5-6,9-10,12,16H,4,7-8H2,1-3H3,(H,20,21)/b6-5+/t16-/m1/s1. The highest BCUT2D eigenvalue weighted by atomic mass is 16.6. The average Bonchev–Trinajstić information content (AvgIpc) is 2.43. The van der Waals surface area contributed by atoms with Crippen molar-refractivity contribution < 1.29 is 9.53 Å². The number of allylic oxidation sites excluding steroid dienone is 1. The summed E-state index contributed by atoms with van der Waals surface area (Å²) in [6.07, 6.45) is 5.83. The zero-order valence-electron chi connectivity index (χ0n) is 13.3. The summed E-state index contributed by atoms with van der Waals surface area (Å²) in [5.74, 6) is 0. The second-order valence-electron chi connectivity index (χ2n) is 6.51. The van der Waals surface area contributed by atoms with Crippen molar-refractivity contribution >= 4 is 12.2 Å². The number of aryl methyl sites for hydroxylation is 1. The van der Waals surface area contributed by atoms with Crippen LogP contribution < -0.4 is 5.32 Å². The first-order valence-electron chi connectivity index (χ1n) is 7.57. The van der Waals surface area contributed by atoms with Gasteiger partial charge in [-0.15, -0.1) is 0 Å². The van der Waals surface area contributed by atoms with Crippen LogP contribution in [0.1, 0.15) is 56.3 Å². The largest absolute Gasteiger partial charge is 0.444 e. The van der Waals surface area contributed by atoms with Gasteiger partial charge in [-0.3, -0.25) is 0 Å². The van der Waals surface area contributed by atoms with Crippen LogP contribution in [0.4, 0.5) is 4.79 Å². The zero-order chi connectivity index (χ0) is 16.2. The zero-order valence-corrected chi connectivity index (χ0v) is 13.3. The van der Waals surface area contributed by atoms with Crippen LogP contribution in [-0.2, 0) is 11.2 Å². The molecule has 2 rings (SSSR count). The fourth-order valence-electron chi connectivity index (χ4n) is 2.67. The third-order valence-corrected chi connectivity index (χ3v) is 3.52.